The molecule has 4 nitrogen and oxygen atoms in total. The Morgan fingerprint density at radius 2 is 1.86 bits per heavy atom. The van der Waals surface area contributed by atoms with Crippen LogP contribution in [0, 0.1) is 19.7 Å². The molecule has 0 bridgehead atoms. The van der Waals surface area contributed by atoms with Crippen molar-refractivity contribution < 1.29 is 13.9 Å². The molecule has 0 fully saturated rings. The third-order valence-electron chi connectivity index (χ3n) is 4.19. The molecular weight excluding hydrogens is 355 g/mol. The van der Waals surface area contributed by atoms with Crippen LogP contribution in [0.3, 0.4) is 0 Å². The van der Waals surface area contributed by atoms with Crippen molar-refractivity contribution in [1.29, 1.82) is 0 Å². The second kappa shape index (κ2) is 8.95. The second-order valence-electron chi connectivity index (χ2n) is 6.45. The fourth-order valence-corrected chi connectivity index (χ4v) is 2.56. The van der Waals surface area contributed by atoms with Crippen molar-refractivity contribution in [3.8, 4) is 5.75 Å². The summed E-state index contributed by atoms with van der Waals surface area (Å²) in [5.74, 6) is -0.0120. The number of carbonyl (C=O) groups is 1. The van der Waals surface area contributed by atoms with Crippen LogP contribution in [0.25, 0.3) is 0 Å². The number of carbonyl (C=O) groups excluding carboxylic acids is 1. The van der Waals surface area contributed by atoms with Gasteiger partial charge >= 0.3 is 0 Å². The number of nitrogens with one attached hydrogen (secondary N) is 1. The molecular formula is C23H21FN2O2. The molecule has 3 rings (SSSR count). The monoisotopic (exact) mass is 376 g/mol. The van der Waals surface area contributed by atoms with Crippen LogP contribution in [0.5, 0.6) is 5.75 Å². The lowest BCUT2D eigenvalue weighted by Gasteiger charge is -2.09. The number of ether oxygens (including phenoxy) is 1. The number of hydrogen-bond acceptors (Lipinski definition) is 3. The molecule has 0 aliphatic heterocycles. The molecule has 1 amide bonds. The van der Waals surface area contributed by atoms with Crippen LogP contribution in [-0.4, -0.2) is 18.7 Å². The number of aryl methyl sites for hydroxylation is 2. The van der Waals surface area contributed by atoms with Gasteiger partial charge in [-0.05, 0) is 73.0 Å². The summed E-state index contributed by atoms with van der Waals surface area (Å²) in [6, 6.07) is 19.0. The van der Waals surface area contributed by atoms with E-state index in [1.807, 2.05) is 44.2 Å². The molecule has 0 aromatic heterocycles. The molecule has 0 aliphatic carbocycles. The fraction of sp³-hybridized carbons (Fsp3) is 0.130. The molecule has 5 heteroatoms. The molecule has 0 aliphatic rings. The van der Waals surface area contributed by atoms with Gasteiger partial charge in [0.15, 0.2) is 6.61 Å². The van der Waals surface area contributed by atoms with Gasteiger partial charge in [0.1, 0.15) is 11.6 Å². The Balaban J connectivity index is 1.58. The van der Waals surface area contributed by atoms with Crippen molar-refractivity contribution in [3.05, 3.63) is 89.2 Å². The van der Waals surface area contributed by atoms with E-state index in [0.29, 0.717) is 11.4 Å². The van der Waals surface area contributed by atoms with Crippen molar-refractivity contribution in [2.45, 2.75) is 13.8 Å². The lowest BCUT2D eigenvalue weighted by Crippen LogP contribution is -2.20. The van der Waals surface area contributed by atoms with Gasteiger partial charge in [0, 0.05) is 11.9 Å². The van der Waals surface area contributed by atoms with E-state index >= 15 is 0 Å². The molecule has 0 atom stereocenters. The zero-order chi connectivity index (χ0) is 19.9. The summed E-state index contributed by atoms with van der Waals surface area (Å²) in [5, 5.41) is 2.82. The largest absolute Gasteiger partial charge is 0.484 e. The molecule has 0 unspecified atom stereocenters. The highest BCUT2D eigenvalue weighted by Crippen LogP contribution is 2.17. The van der Waals surface area contributed by atoms with Crippen molar-refractivity contribution in [2.24, 2.45) is 4.99 Å². The molecule has 3 aromatic carbocycles. The summed E-state index contributed by atoms with van der Waals surface area (Å²) >= 11 is 0. The van der Waals surface area contributed by atoms with Gasteiger partial charge in [0.2, 0.25) is 0 Å². The van der Waals surface area contributed by atoms with E-state index in [1.165, 1.54) is 17.7 Å². The van der Waals surface area contributed by atoms with Crippen LogP contribution in [0.1, 0.15) is 16.7 Å². The van der Waals surface area contributed by atoms with Crippen molar-refractivity contribution >= 4 is 23.5 Å². The Labute approximate surface area is 163 Å². The summed E-state index contributed by atoms with van der Waals surface area (Å²) in [7, 11) is 0. The Hall–Kier alpha value is -3.47. The molecule has 3 aromatic rings. The minimum Gasteiger partial charge on any atom is -0.484 e. The Morgan fingerprint density at radius 1 is 1.04 bits per heavy atom. The Bertz CT molecular complexity index is 1010. The standard InChI is InChI=1S/C23H21FN2O2/c1-16-9-10-21(11-17(16)2)26-23(27)15-28-22-8-3-5-18(12-22)14-25-20-7-4-6-19(24)13-20/h3-14H,15H2,1-2H3,(H,26,27). The highest BCUT2D eigenvalue weighted by atomic mass is 19.1. The van der Waals surface area contributed by atoms with Gasteiger partial charge in [-0.15, -0.1) is 0 Å². The van der Waals surface area contributed by atoms with Crippen molar-refractivity contribution in [1.82, 2.24) is 0 Å². The quantitative estimate of drug-likeness (QED) is 0.600. The van der Waals surface area contributed by atoms with E-state index in [9.17, 15) is 9.18 Å². The average Bonchev–Trinajstić information content (AvgIpc) is 2.68. The van der Waals surface area contributed by atoms with E-state index < -0.39 is 0 Å². The predicted octanol–water partition coefficient (Wildman–Crippen LogP) is 5.21. The molecule has 0 radical (unpaired) electrons. The summed E-state index contributed by atoms with van der Waals surface area (Å²) in [5.41, 5.74) is 4.35. The van der Waals surface area contributed by atoms with Gasteiger partial charge in [0.25, 0.3) is 5.91 Å². The van der Waals surface area contributed by atoms with Crippen LogP contribution in [-0.2, 0) is 4.79 Å². The maximum absolute atomic E-state index is 13.2. The maximum Gasteiger partial charge on any atom is 0.262 e. The minimum absolute atomic E-state index is 0.0998. The topological polar surface area (TPSA) is 50.7 Å². The number of anilines is 1. The Morgan fingerprint density at radius 3 is 2.64 bits per heavy atom. The number of halogens is 1. The number of aliphatic imine (C=N–C) groups is 1. The highest BCUT2D eigenvalue weighted by molar-refractivity contribution is 5.92. The molecule has 0 heterocycles. The average molecular weight is 376 g/mol. The van der Waals surface area contributed by atoms with Crippen molar-refractivity contribution in [2.75, 3.05) is 11.9 Å². The van der Waals surface area contributed by atoms with Gasteiger partial charge < -0.3 is 10.1 Å². The first-order valence-corrected chi connectivity index (χ1v) is 8.89. The smallest absolute Gasteiger partial charge is 0.262 e. The molecule has 28 heavy (non-hydrogen) atoms. The van der Waals surface area contributed by atoms with Crippen LogP contribution in [0.15, 0.2) is 71.7 Å². The molecule has 0 saturated carbocycles. The van der Waals surface area contributed by atoms with Gasteiger partial charge in [0.05, 0.1) is 5.69 Å². The van der Waals surface area contributed by atoms with Gasteiger partial charge in [-0.2, -0.15) is 0 Å². The third-order valence-corrected chi connectivity index (χ3v) is 4.19. The van der Waals surface area contributed by atoms with Crippen LogP contribution in [0.2, 0.25) is 0 Å². The normalized spacial score (nSPS) is 10.8. The predicted molar refractivity (Wildman–Crippen MR) is 110 cm³/mol. The van der Waals surface area contributed by atoms with E-state index in [0.717, 1.165) is 16.8 Å². The SMILES string of the molecule is Cc1ccc(NC(=O)COc2cccc(C=Nc3cccc(F)c3)c2)cc1C. The first-order valence-electron chi connectivity index (χ1n) is 8.89. The maximum atomic E-state index is 13.2. The molecule has 142 valence electrons. The van der Waals surface area contributed by atoms with E-state index in [-0.39, 0.29) is 18.3 Å². The third kappa shape index (κ3) is 5.51. The summed E-state index contributed by atoms with van der Waals surface area (Å²) < 4.78 is 18.8. The molecule has 0 saturated heterocycles. The van der Waals surface area contributed by atoms with Gasteiger partial charge in [-0.25, -0.2) is 4.39 Å². The van der Waals surface area contributed by atoms with Crippen molar-refractivity contribution in [3.63, 3.8) is 0 Å². The summed E-state index contributed by atoms with van der Waals surface area (Å²) in [4.78, 5) is 16.4. The highest BCUT2D eigenvalue weighted by Gasteiger charge is 2.05. The van der Waals surface area contributed by atoms with Crippen LogP contribution >= 0.6 is 0 Å². The molecule has 0 spiro atoms. The number of hydrogen-bond donors (Lipinski definition) is 1. The van der Waals surface area contributed by atoms with Crippen LogP contribution in [0.4, 0.5) is 15.8 Å². The number of rotatable bonds is 6. The fourth-order valence-electron chi connectivity index (χ4n) is 2.56. The Kier molecular flexibility index (Phi) is 6.17. The van der Waals surface area contributed by atoms with E-state index in [4.69, 9.17) is 4.74 Å². The zero-order valence-electron chi connectivity index (χ0n) is 15.8. The number of amides is 1. The summed E-state index contributed by atoms with van der Waals surface area (Å²) in [6.07, 6.45) is 1.62. The van der Waals surface area contributed by atoms with E-state index in [2.05, 4.69) is 10.3 Å². The van der Waals surface area contributed by atoms with E-state index in [1.54, 1.807) is 30.5 Å². The second-order valence-corrected chi connectivity index (χ2v) is 6.45. The molecule has 1 N–H and O–H groups in total. The first-order chi connectivity index (χ1) is 13.5. The number of nitrogens with zero attached hydrogens (tertiary/aromatic N) is 1. The van der Waals surface area contributed by atoms with Gasteiger partial charge in [-0.3, -0.25) is 9.79 Å². The zero-order valence-corrected chi connectivity index (χ0v) is 15.8. The summed E-state index contributed by atoms with van der Waals surface area (Å²) in [6.45, 7) is 3.92. The lowest BCUT2D eigenvalue weighted by molar-refractivity contribution is -0.118. The minimum atomic E-state index is -0.332. The van der Waals surface area contributed by atoms with Crippen LogP contribution < -0.4 is 10.1 Å². The lowest BCUT2D eigenvalue weighted by atomic mass is 10.1. The van der Waals surface area contributed by atoms with Gasteiger partial charge in [-0.1, -0.05) is 24.3 Å². The first kappa shape index (κ1) is 19.3. The number of benzene rings is 3.